The standard InChI is InChI=1S/C36H46F3N3O7/c1-22-29(20-41-17-5-8-28(41)32(45)49-35(2,3)4)47-33(48-30(22)25-13-11-24(21-43)12-14-25)26-15-9-23(10-16-26)19-40-31(44)27-7-6-18-42(27)34(46)36(37,38)39/h9-16,22,27-30,33,43H,5-8,17-21H2,1-4H3,(H,40,44)/t22-,27-,28-,29+,30+,33+/m0/s1. The smallest absolute Gasteiger partial charge is 0.459 e. The minimum absolute atomic E-state index is 0.0660. The monoisotopic (exact) mass is 689 g/mol. The molecule has 6 atom stereocenters. The van der Waals surface area contributed by atoms with Gasteiger partial charge >= 0.3 is 18.1 Å². The molecule has 0 bridgehead atoms. The molecule has 3 heterocycles. The summed E-state index contributed by atoms with van der Waals surface area (Å²) in [6.45, 7) is 8.74. The first-order chi connectivity index (χ1) is 23.1. The first kappa shape index (κ1) is 36.8. The molecule has 5 rings (SSSR count). The molecule has 2 aromatic rings. The van der Waals surface area contributed by atoms with Crippen LogP contribution in [0.15, 0.2) is 48.5 Å². The van der Waals surface area contributed by atoms with Crippen LogP contribution in [0, 0.1) is 5.92 Å². The van der Waals surface area contributed by atoms with Crippen LogP contribution >= 0.6 is 0 Å². The van der Waals surface area contributed by atoms with Crippen LogP contribution in [0.3, 0.4) is 0 Å². The number of esters is 1. The predicted molar refractivity (Wildman–Crippen MR) is 172 cm³/mol. The van der Waals surface area contributed by atoms with Crippen molar-refractivity contribution in [1.82, 2.24) is 15.1 Å². The average molecular weight is 690 g/mol. The van der Waals surface area contributed by atoms with Gasteiger partial charge in [-0.2, -0.15) is 13.2 Å². The maximum atomic E-state index is 13.1. The highest BCUT2D eigenvalue weighted by molar-refractivity contribution is 5.90. The van der Waals surface area contributed by atoms with Crippen LogP contribution in [0.1, 0.15) is 88.0 Å². The van der Waals surface area contributed by atoms with Crippen molar-refractivity contribution in [3.05, 3.63) is 70.8 Å². The molecule has 0 spiro atoms. The molecular weight excluding hydrogens is 643 g/mol. The summed E-state index contributed by atoms with van der Waals surface area (Å²) >= 11 is 0. The Kier molecular flexibility index (Phi) is 11.4. The van der Waals surface area contributed by atoms with Gasteiger partial charge in [-0.05, 0) is 69.7 Å². The van der Waals surface area contributed by atoms with Gasteiger partial charge in [0.1, 0.15) is 17.7 Å². The maximum Gasteiger partial charge on any atom is 0.471 e. The maximum absolute atomic E-state index is 13.1. The van der Waals surface area contributed by atoms with Crippen molar-refractivity contribution in [2.24, 2.45) is 5.92 Å². The Morgan fingerprint density at radius 2 is 1.51 bits per heavy atom. The number of benzene rings is 2. The van der Waals surface area contributed by atoms with Crippen LogP contribution in [0.2, 0.25) is 0 Å². The lowest BCUT2D eigenvalue weighted by Crippen LogP contribution is -2.50. The first-order valence-electron chi connectivity index (χ1n) is 16.9. The Bertz CT molecular complexity index is 1460. The molecule has 0 aromatic heterocycles. The number of alkyl halides is 3. The average Bonchev–Trinajstić information content (AvgIpc) is 3.74. The van der Waals surface area contributed by atoms with Gasteiger partial charge in [-0.15, -0.1) is 0 Å². The number of carbonyl (C=O) groups is 3. The molecule has 2 amide bonds. The van der Waals surface area contributed by atoms with Gasteiger partial charge in [0.15, 0.2) is 6.29 Å². The van der Waals surface area contributed by atoms with Crippen LogP contribution in [0.5, 0.6) is 0 Å². The van der Waals surface area contributed by atoms with E-state index in [0.29, 0.717) is 29.8 Å². The van der Waals surface area contributed by atoms with E-state index in [1.807, 2.05) is 57.2 Å². The SMILES string of the molecule is C[C@H]1[C@@H](CN2CCC[C@H]2C(=O)OC(C)(C)C)O[C@@H](c2ccc(CNC(=O)[C@@H]3CCCN3C(=O)C(F)(F)F)cc2)O[C@H]1c1ccc(CO)cc1. The zero-order valence-electron chi connectivity index (χ0n) is 28.4. The van der Waals surface area contributed by atoms with Gasteiger partial charge in [-0.3, -0.25) is 19.3 Å². The number of aliphatic hydroxyl groups excluding tert-OH is 1. The molecule has 3 fully saturated rings. The fraction of sp³-hybridized carbons (Fsp3) is 0.583. The van der Waals surface area contributed by atoms with Crippen molar-refractivity contribution >= 4 is 17.8 Å². The fourth-order valence-electron chi connectivity index (χ4n) is 6.79. The van der Waals surface area contributed by atoms with Crippen molar-refractivity contribution < 1.29 is 46.9 Å². The minimum atomic E-state index is -5.03. The van der Waals surface area contributed by atoms with Crippen LogP contribution in [-0.4, -0.2) is 82.3 Å². The molecule has 0 unspecified atom stereocenters. The Hall–Kier alpha value is -3.52. The number of carbonyl (C=O) groups excluding carboxylic acids is 3. The highest BCUT2D eigenvalue weighted by Gasteiger charge is 2.48. The summed E-state index contributed by atoms with van der Waals surface area (Å²) in [5, 5.41) is 12.2. The molecule has 3 saturated heterocycles. The van der Waals surface area contributed by atoms with E-state index in [2.05, 4.69) is 17.1 Å². The number of nitrogens with one attached hydrogen (secondary N) is 1. The predicted octanol–water partition coefficient (Wildman–Crippen LogP) is 4.95. The number of amides is 2. The summed E-state index contributed by atoms with van der Waals surface area (Å²) in [5.41, 5.74) is 2.55. The normalized spacial score (nSPS) is 26.5. The van der Waals surface area contributed by atoms with Gasteiger partial charge < -0.3 is 29.5 Å². The summed E-state index contributed by atoms with van der Waals surface area (Å²) < 4.78 is 57.9. The molecule has 0 aliphatic carbocycles. The lowest BCUT2D eigenvalue weighted by Gasteiger charge is -2.43. The largest absolute Gasteiger partial charge is 0.471 e. The number of hydrogen-bond acceptors (Lipinski definition) is 8. The number of ether oxygens (including phenoxy) is 3. The number of hydrogen-bond donors (Lipinski definition) is 2. The third-order valence-electron chi connectivity index (χ3n) is 9.36. The zero-order valence-corrected chi connectivity index (χ0v) is 28.4. The van der Waals surface area contributed by atoms with E-state index in [1.54, 1.807) is 12.1 Å². The minimum Gasteiger partial charge on any atom is -0.459 e. The molecule has 2 N–H and O–H groups in total. The molecule has 268 valence electrons. The van der Waals surface area contributed by atoms with E-state index in [0.717, 1.165) is 29.7 Å². The molecule has 3 aliphatic heterocycles. The topological polar surface area (TPSA) is 118 Å². The van der Waals surface area contributed by atoms with Crippen molar-refractivity contribution in [2.75, 3.05) is 19.6 Å². The van der Waals surface area contributed by atoms with Gasteiger partial charge in [0.2, 0.25) is 5.91 Å². The second-order valence-electron chi connectivity index (χ2n) is 14.1. The summed E-state index contributed by atoms with van der Waals surface area (Å²) in [6.07, 6.45) is -4.39. The molecule has 3 aliphatic rings. The second-order valence-corrected chi connectivity index (χ2v) is 14.1. The molecular formula is C36H46F3N3O7. The van der Waals surface area contributed by atoms with Crippen molar-refractivity contribution in [3.8, 4) is 0 Å². The summed E-state index contributed by atoms with van der Waals surface area (Å²) in [7, 11) is 0. The quantitative estimate of drug-likeness (QED) is 0.356. The number of aliphatic hydroxyl groups is 1. The Balaban J connectivity index is 1.29. The van der Waals surface area contributed by atoms with Crippen LogP contribution in [0.25, 0.3) is 0 Å². The second kappa shape index (κ2) is 15.2. The van der Waals surface area contributed by atoms with E-state index >= 15 is 0 Å². The molecule has 0 radical (unpaired) electrons. The molecule has 2 aromatic carbocycles. The molecule has 10 nitrogen and oxygen atoms in total. The Morgan fingerprint density at radius 3 is 2.14 bits per heavy atom. The van der Waals surface area contributed by atoms with Gasteiger partial charge in [-0.1, -0.05) is 55.5 Å². The highest BCUT2D eigenvalue weighted by atomic mass is 19.4. The fourth-order valence-corrected chi connectivity index (χ4v) is 6.79. The van der Waals surface area contributed by atoms with Gasteiger partial charge in [0.05, 0.1) is 18.8 Å². The van der Waals surface area contributed by atoms with Gasteiger partial charge in [0.25, 0.3) is 0 Å². The third-order valence-corrected chi connectivity index (χ3v) is 9.36. The van der Waals surface area contributed by atoms with Crippen molar-refractivity contribution in [1.29, 1.82) is 0 Å². The molecule has 49 heavy (non-hydrogen) atoms. The van der Waals surface area contributed by atoms with E-state index < -0.39 is 35.9 Å². The summed E-state index contributed by atoms with van der Waals surface area (Å²) in [5.74, 6) is -2.96. The first-order valence-corrected chi connectivity index (χ1v) is 16.9. The summed E-state index contributed by atoms with van der Waals surface area (Å²) in [6, 6.07) is 13.3. The number of rotatable bonds is 9. The summed E-state index contributed by atoms with van der Waals surface area (Å²) in [4.78, 5) is 40.4. The van der Waals surface area contributed by atoms with Crippen LogP contribution in [-0.2, 0) is 41.7 Å². The number of halogens is 3. The van der Waals surface area contributed by atoms with E-state index in [4.69, 9.17) is 14.2 Å². The number of nitrogens with zero attached hydrogens (tertiary/aromatic N) is 2. The van der Waals surface area contributed by atoms with E-state index in [-0.39, 0.29) is 56.3 Å². The Morgan fingerprint density at radius 1 is 0.898 bits per heavy atom. The van der Waals surface area contributed by atoms with E-state index in [1.165, 1.54) is 0 Å². The lowest BCUT2D eigenvalue weighted by molar-refractivity contribution is -0.276. The third kappa shape index (κ3) is 8.99. The molecule has 13 heteroatoms. The van der Waals surface area contributed by atoms with Gasteiger partial charge in [0, 0.05) is 31.1 Å². The molecule has 0 saturated carbocycles. The zero-order chi connectivity index (χ0) is 35.5. The van der Waals surface area contributed by atoms with E-state index in [9.17, 15) is 32.7 Å². The highest BCUT2D eigenvalue weighted by Crippen LogP contribution is 2.42. The number of likely N-dealkylation sites (tertiary alicyclic amines) is 2. The van der Waals surface area contributed by atoms with Crippen molar-refractivity contribution in [3.63, 3.8) is 0 Å². The van der Waals surface area contributed by atoms with Crippen molar-refractivity contribution in [2.45, 2.75) is 109 Å². The Labute approximate surface area is 284 Å². The van der Waals surface area contributed by atoms with Crippen LogP contribution in [0.4, 0.5) is 13.2 Å². The van der Waals surface area contributed by atoms with Crippen LogP contribution < -0.4 is 5.32 Å². The van der Waals surface area contributed by atoms with Gasteiger partial charge in [-0.25, -0.2) is 0 Å². The lowest BCUT2D eigenvalue weighted by atomic mass is 9.90.